The van der Waals surface area contributed by atoms with Gasteiger partial charge in [0, 0.05) is 18.1 Å². The number of benzene rings is 1. The van der Waals surface area contributed by atoms with E-state index in [0.29, 0.717) is 13.0 Å². The monoisotopic (exact) mass is 342 g/mol. The van der Waals surface area contributed by atoms with E-state index in [1.807, 2.05) is 31.2 Å². The number of rotatable bonds is 5. The molecule has 1 aromatic carbocycles. The van der Waals surface area contributed by atoms with Crippen molar-refractivity contribution in [2.24, 2.45) is 11.1 Å². The van der Waals surface area contributed by atoms with Crippen molar-refractivity contribution in [2.75, 3.05) is 7.05 Å². The van der Waals surface area contributed by atoms with Crippen LogP contribution in [0.4, 0.5) is 0 Å². The van der Waals surface area contributed by atoms with Gasteiger partial charge in [-0.25, -0.2) is 0 Å². The van der Waals surface area contributed by atoms with Crippen LogP contribution in [0.2, 0.25) is 0 Å². The molecule has 1 unspecified atom stereocenters. The van der Waals surface area contributed by atoms with Crippen LogP contribution < -0.4 is 5.73 Å². The van der Waals surface area contributed by atoms with Crippen molar-refractivity contribution >= 4 is 39.0 Å². The highest BCUT2D eigenvalue weighted by atomic mass is 79.9. The summed E-state index contributed by atoms with van der Waals surface area (Å²) in [7, 11) is 1.77. The summed E-state index contributed by atoms with van der Waals surface area (Å²) < 4.78 is 0.989. The molecule has 0 bridgehead atoms. The third-order valence-corrected chi connectivity index (χ3v) is 4.66. The molecule has 3 nitrogen and oxygen atoms in total. The number of amides is 1. The fraction of sp³-hybridized carbons (Fsp3) is 0.429. The standard InChI is InChI=1S/C14H19BrN2OS/c1-4-14(2,12(16)19)13(18)17(3)9-10-7-5-6-8-11(10)15/h5-8H,4,9H2,1-3H3,(H2,16,19). The van der Waals surface area contributed by atoms with Gasteiger partial charge in [0.05, 0.1) is 10.4 Å². The molecule has 5 heteroatoms. The highest BCUT2D eigenvalue weighted by Crippen LogP contribution is 2.26. The lowest BCUT2D eigenvalue weighted by molar-refractivity contribution is -0.136. The Kier molecular flexibility index (Phi) is 5.50. The summed E-state index contributed by atoms with van der Waals surface area (Å²) in [5.74, 6) is -0.0433. The first-order valence-electron chi connectivity index (χ1n) is 6.11. The summed E-state index contributed by atoms with van der Waals surface area (Å²) in [6.45, 7) is 4.25. The van der Waals surface area contributed by atoms with Gasteiger partial charge in [0.25, 0.3) is 0 Å². The van der Waals surface area contributed by atoms with E-state index in [0.717, 1.165) is 10.0 Å². The number of thiocarbonyl (C=S) groups is 1. The zero-order chi connectivity index (χ0) is 14.6. The number of nitrogens with two attached hydrogens (primary N) is 1. The van der Waals surface area contributed by atoms with Gasteiger partial charge in [0.2, 0.25) is 5.91 Å². The van der Waals surface area contributed by atoms with E-state index in [9.17, 15) is 4.79 Å². The first-order valence-corrected chi connectivity index (χ1v) is 7.32. The second-order valence-corrected chi connectivity index (χ2v) is 6.10. The molecule has 1 atom stereocenters. The molecule has 0 heterocycles. The minimum Gasteiger partial charge on any atom is -0.392 e. The van der Waals surface area contributed by atoms with Crippen molar-refractivity contribution < 1.29 is 4.79 Å². The van der Waals surface area contributed by atoms with Crippen LogP contribution >= 0.6 is 28.1 Å². The van der Waals surface area contributed by atoms with Crippen LogP contribution in [0, 0.1) is 5.41 Å². The Morgan fingerprint density at radius 1 is 1.47 bits per heavy atom. The average molecular weight is 343 g/mol. The van der Waals surface area contributed by atoms with E-state index in [-0.39, 0.29) is 10.9 Å². The first-order chi connectivity index (χ1) is 8.82. The second-order valence-electron chi connectivity index (χ2n) is 4.80. The van der Waals surface area contributed by atoms with Crippen LogP contribution in [-0.4, -0.2) is 22.8 Å². The van der Waals surface area contributed by atoms with Crippen LogP contribution in [0.1, 0.15) is 25.8 Å². The predicted octanol–water partition coefficient (Wildman–Crippen LogP) is 3.11. The third-order valence-electron chi connectivity index (χ3n) is 3.44. The van der Waals surface area contributed by atoms with Gasteiger partial charge in [-0.15, -0.1) is 0 Å². The molecule has 0 aromatic heterocycles. The molecule has 0 aliphatic rings. The maximum Gasteiger partial charge on any atom is 0.235 e. The Labute approximate surface area is 128 Å². The number of halogens is 1. The number of nitrogens with zero attached hydrogens (tertiary/aromatic N) is 1. The SMILES string of the molecule is CCC(C)(C(=O)N(C)Cc1ccccc1Br)C(N)=S. The van der Waals surface area contributed by atoms with E-state index in [1.165, 1.54) is 0 Å². The average Bonchev–Trinajstić information content (AvgIpc) is 2.39. The number of hydrogen-bond acceptors (Lipinski definition) is 2. The zero-order valence-electron chi connectivity index (χ0n) is 11.4. The highest BCUT2D eigenvalue weighted by molar-refractivity contribution is 9.10. The molecule has 2 N–H and O–H groups in total. The molecule has 1 amide bonds. The Bertz CT molecular complexity index is 492. The molecular weight excluding hydrogens is 324 g/mol. The number of carbonyl (C=O) groups is 1. The van der Waals surface area contributed by atoms with Crippen molar-refractivity contribution in [3.63, 3.8) is 0 Å². The maximum absolute atomic E-state index is 12.5. The molecule has 104 valence electrons. The quantitative estimate of drug-likeness (QED) is 0.836. The number of hydrogen-bond donors (Lipinski definition) is 1. The minimum absolute atomic E-state index is 0.0433. The van der Waals surface area contributed by atoms with Gasteiger partial charge >= 0.3 is 0 Å². The summed E-state index contributed by atoms with van der Waals surface area (Å²) in [6, 6.07) is 7.84. The summed E-state index contributed by atoms with van der Waals surface area (Å²) in [5.41, 5.74) is 6.00. The Hall–Kier alpha value is -0.940. The summed E-state index contributed by atoms with van der Waals surface area (Å²) in [4.78, 5) is 14.4. The van der Waals surface area contributed by atoms with E-state index < -0.39 is 5.41 Å². The largest absolute Gasteiger partial charge is 0.392 e. The summed E-state index contributed by atoms with van der Waals surface area (Å²) in [5, 5.41) is 0. The molecule has 0 spiro atoms. The van der Waals surface area contributed by atoms with E-state index in [2.05, 4.69) is 15.9 Å². The van der Waals surface area contributed by atoms with E-state index in [4.69, 9.17) is 18.0 Å². The molecule has 1 rings (SSSR count). The van der Waals surface area contributed by atoms with E-state index in [1.54, 1.807) is 18.9 Å². The minimum atomic E-state index is -0.772. The lowest BCUT2D eigenvalue weighted by Gasteiger charge is -2.31. The molecule has 0 saturated heterocycles. The van der Waals surface area contributed by atoms with Gasteiger partial charge in [-0.05, 0) is 25.0 Å². The van der Waals surface area contributed by atoms with Crippen LogP contribution in [0.25, 0.3) is 0 Å². The van der Waals surface area contributed by atoms with Gasteiger partial charge in [0.1, 0.15) is 0 Å². The fourth-order valence-corrected chi connectivity index (χ4v) is 2.45. The smallest absolute Gasteiger partial charge is 0.235 e. The summed E-state index contributed by atoms with van der Waals surface area (Å²) in [6.07, 6.45) is 0.599. The first kappa shape index (κ1) is 16.1. The van der Waals surface area contributed by atoms with Gasteiger partial charge in [-0.3, -0.25) is 4.79 Å². The van der Waals surface area contributed by atoms with Crippen molar-refractivity contribution in [3.8, 4) is 0 Å². The molecule has 0 saturated carbocycles. The highest BCUT2D eigenvalue weighted by Gasteiger charge is 2.36. The lowest BCUT2D eigenvalue weighted by atomic mass is 9.86. The van der Waals surface area contributed by atoms with Crippen molar-refractivity contribution in [1.82, 2.24) is 4.90 Å². The fourth-order valence-electron chi connectivity index (χ4n) is 1.81. The maximum atomic E-state index is 12.5. The van der Waals surface area contributed by atoms with E-state index >= 15 is 0 Å². The Morgan fingerprint density at radius 2 is 2.05 bits per heavy atom. The molecule has 0 aliphatic heterocycles. The molecule has 1 aromatic rings. The normalized spacial score (nSPS) is 13.7. The van der Waals surface area contributed by atoms with Gasteiger partial charge in [0.15, 0.2) is 0 Å². The van der Waals surface area contributed by atoms with Crippen LogP contribution in [0.5, 0.6) is 0 Å². The molecular formula is C14H19BrN2OS. The molecule has 0 radical (unpaired) electrons. The van der Waals surface area contributed by atoms with Crippen molar-refractivity contribution in [1.29, 1.82) is 0 Å². The van der Waals surface area contributed by atoms with Crippen LogP contribution in [0.3, 0.4) is 0 Å². The second kappa shape index (κ2) is 6.48. The van der Waals surface area contributed by atoms with Crippen LogP contribution in [0.15, 0.2) is 28.7 Å². The van der Waals surface area contributed by atoms with Crippen molar-refractivity contribution in [3.05, 3.63) is 34.3 Å². The Balaban J connectivity index is 2.90. The molecule has 0 aliphatic carbocycles. The number of carbonyl (C=O) groups excluding carboxylic acids is 1. The molecule has 0 fully saturated rings. The van der Waals surface area contributed by atoms with Crippen molar-refractivity contribution in [2.45, 2.75) is 26.8 Å². The van der Waals surface area contributed by atoms with Crippen LogP contribution in [-0.2, 0) is 11.3 Å². The predicted molar refractivity (Wildman–Crippen MR) is 85.8 cm³/mol. The summed E-state index contributed by atoms with van der Waals surface area (Å²) >= 11 is 8.52. The molecule has 19 heavy (non-hydrogen) atoms. The lowest BCUT2D eigenvalue weighted by Crippen LogP contribution is -2.47. The van der Waals surface area contributed by atoms with Gasteiger partial charge in [-0.1, -0.05) is 53.3 Å². The van der Waals surface area contributed by atoms with Gasteiger partial charge < -0.3 is 10.6 Å². The Morgan fingerprint density at radius 3 is 2.53 bits per heavy atom. The topological polar surface area (TPSA) is 46.3 Å². The zero-order valence-corrected chi connectivity index (χ0v) is 13.8. The van der Waals surface area contributed by atoms with Gasteiger partial charge in [-0.2, -0.15) is 0 Å². The third kappa shape index (κ3) is 3.54.